The highest BCUT2D eigenvalue weighted by atomic mass is 35.5. The van der Waals surface area contributed by atoms with Crippen LogP contribution in [0.5, 0.6) is 0 Å². The SMILES string of the molecule is CC(C)C(Cc1ccccc1)(C(=O)O)c1ccc(Cl)cc1. The molecule has 0 heterocycles. The van der Waals surface area contributed by atoms with Gasteiger partial charge in [-0.1, -0.05) is 67.9 Å². The van der Waals surface area contributed by atoms with E-state index in [2.05, 4.69) is 0 Å². The van der Waals surface area contributed by atoms with Gasteiger partial charge in [0.05, 0.1) is 5.41 Å². The maximum absolute atomic E-state index is 12.1. The molecule has 21 heavy (non-hydrogen) atoms. The Labute approximate surface area is 130 Å². The topological polar surface area (TPSA) is 37.3 Å². The fourth-order valence-electron chi connectivity index (χ4n) is 2.75. The van der Waals surface area contributed by atoms with Crippen LogP contribution in [-0.2, 0) is 16.6 Å². The fraction of sp³-hybridized carbons (Fsp3) is 0.278. The monoisotopic (exact) mass is 302 g/mol. The van der Waals surface area contributed by atoms with E-state index in [0.29, 0.717) is 11.4 Å². The molecule has 0 bridgehead atoms. The number of benzene rings is 2. The lowest BCUT2D eigenvalue weighted by Crippen LogP contribution is -2.43. The summed E-state index contributed by atoms with van der Waals surface area (Å²) in [5.74, 6) is -0.847. The molecule has 0 saturated heterocycles. The summed E-state index contributed by atoms with van der Waals surface area (Å²) < 4.78 is 0. The summed E-state index contributed by atoms with van der Waals surface area (Å²) in [6.45, 7) is 3.90. The predicted molar refractivity (Wildman–Crippen MR) is 85.7 cm³/mol. The largest absolute Gasteiger partial charge is 0.481 e. The van der Waals surface area contributed by atoms with Crippen LogP contribution in [0.4, 0.5) is 0 Å². The molecule has 0 spiro atoms. The maximum atomic E-state index is 12.1. The maximum Gasteiger partial charge on any atom is 0.314 e. The van der Waals surface area contributed by atoms with Crippen LogP contribution >= 0.6 is 11.6 Å². The van der Waals surface area contributed by atoms with E-state index in [4.69, 9.17) is 11.6 Å². The first kappa shape index (κ1) is 15.6. The van der Waals surface area contributed by atoms with Crippen molar-refractivity contribution in [3.05, 3.63) is 70.7 Å². The highest BCUT2D eigenvalue weighted by Gasteiger charge is 2.43. The number of carboxylic acids is 1. The van der Waals surface area contributed by atoms with Crippen LogP contribution in [0.25, 0.3) is 0 Å². The standard InChI is InChI=1S/C18H19ClO2/c1-13(2)18(17(20)21,12-14-6-4-3-5-7-14)15-8-10-16(19)11-9-15/h3-11,13H,12H2,1-2H3,(H,20,21). The van der Waals surface area contributed by atoms with Crippen molar-refractivity contribution in [2.45, 2.75) is 25.7 Å². The zero-order valence-electron chi connectivity index (χ0n) is 12.2. The molecule has 0 radical (unpaired) electrons. The molecule has 2 aromatic rings. The summed E-state index contributed by atoms with van der Waals surface area (Å²) in [6, 6.07) is 16.9. The predicted octanol–water partition coefficient (Wildman–Crippen LogP) is 4.56. The Morgan fingerprint density at radius 2 is 1.67 bits per heavy atom. The zero-order valence-corrected chi connectivity index (χ0v) is 13.0. The summed E-state index contributed by atoms with van der Waals surface area (Å²) in [6.07, 6.45) is 0.461. The molecule has 2 aromatic carbocycles. The van der Waals surface area contributed by atoms with Crippen molar-refractivity contribution in [2.24, 2.45) is 5.92 Å². The second-order valence-electron chi connectivity index (χ2n) is 5.60. The van der Waals surface area contributed by atoms with Gasteiger partial charge < -0.3 is 5.11 Å². The van der Waals surface area contributed by atoms with Crippen LogP contribution in [0.2, 0.25) is 5.02 Å². The van der Waals surface area contributed by atoms with E-state index < -0.39 is 11.4 Å². The van der Waals surface area contributed by atoms with Crippen LogP contribution < -0.4 is 0 Å². The Morgan fingerprint density at radius 1 is 1.10 bits per heavy atom. The van der Waals surface area contributed by atoms with Crippen molar-refractivity contribution in [3.63, 3.8) is 0 Å². The van der Waals surface area contributed by atoms with Gasteiger partial charge >= 0.3 is 5.97 Å². The van der Waals surface area contributed by atoms with Gasteiger partial charge in [0.2, 0.25) is 0 Å². The molecule has 0 amide bonds. The lowest BCUT2D eigenvalue weighted by molar-refractivity contribution is -0.145. The lowest BCUT2D eigenvalue weighted by atomic mass is 9.68. The van der Waals surface area contributed by atoms with Crippen LogP contribution in [0.1, 0.15) is 25.0 Å². The van der Waals surface area contributed by atoms with Gasteiger partial charge in [-0.15, -0.1) is 0 Å². The molecule has 1 unspecified atom stereocenters. The third kappa shape index (κ3) is 3.11. The normalized spacial score (nSPS) is 13.9. The van der Waals surface area contributed by atoms with Crippen molar-refractivity contribution in [1.29, 1.82) is 0 Å². The Bertz CT molecular complexity index is 605. The first-order valence-electron chi connectivity index (χ1n) is 7.00. The molecule has 0 saturated carbocycles. The van der Waals surface area contributed by atoms with Crippen LogP contribution in [0.15, 0.2) is 54.6 Å². The van der Waals surface area contributed by atoms with E-state index in [1.165, 1.54) is 0 Å². The van der Waals surface area contributed by atoms with E-state index in [1.54, 1.807) is 12.1 Å². The van der Waals surface area contributed by atoms with Gasteiger partial charge in [-0.3, -0.25) is 4.79 Å². The molecule has 0 aliphatic heterocycles. The zero-order chi connectivity index (χ0) is 15.5. The lowest BCUT2D eigenvalue weighted by Gasteiger charge is -2.34. The Kier molecular flexibility index (Phi) is 4.69. The average molecular weight is 303 g/mol. The van der Waals surface area contributed by atoms with Crippen molar-refractivity contribution in [3.8, 4) is 0 Å². The molecule has 110 valence electrons. The highest BCUT2D eigenvalue weighted by Crippen LogP contribution is 2.37. The minimum absolute atomic E-state index is 0.0450. The third-order valence-corrected chi connectivity index (χ3v) is 4.30. The van der Waals surface area contributed by atoms with Crippen molar-refractivity contribution >= 4 is 17.6 Å². The number of hydrogen-bond acceptors (Lipinski definition) is 1. The number of rotatable bonds is 5. The van der Waals surface area contributed by atoms with E-state index in [0.717, 1.165) is 11.1 Å². The molecular formula is C18H19ClO2. The van der Waals surface area contributed by atoms with Crippen LogP contribution in [0, 0.1) is 5.92 Å². The summed E-state index contributed by atoms with van der Waals surface area (Å²) in [7, 11) is 0. The minimum atomic E-state index is -0.952. The minimum Gasteiger partial charge on any atom is -0.481 e. The summed E-state index contributed by atoms with van der Waals surface area (Å²) in [5.41, 5.74) is 0.855. The molecular weight excluding hydrogens is 284 g/mol. The van der Waals surface area contributed by atoms with Gasteiger partial charge in [0, 0.05) is 5.02 Å². The third-order valence-electron chi connectivity index (χ3n) is 4.05. The van der Waals surface area contributed by atoms with E-state index >= 15 is 0 Å². The molecule has 3 heteroatoms. The summed E-state index contributed by atoms with van der Waals surface area (Å²) >= 11 is 5.93. The first-order chi connectivity index (χ1) is 9.96. The number of carboxylic acid groups (broad SMARTS) is 1. The molecule has 0 fully saturated rings. The Morgan fingerprint density at radius 3 is 2.14 bits per heavy atom. The molecule has 0 aromatic heterocycles. The fourth-order valence-corrected chi connectivity index (χ4v) is 2.88. The molecule has 1 atom stereocenters. The Hall–Kier alpha value is -1.80. The van der Waals surface area contributed by atoms with Crippen molar-refractivity contribution in [2.75, 3.05) is 0 Å². The van der Waals surface area contributed by atoms with Gasteiger partial charge in [0.15, 0.2) is 0 Å². The summed E-state index contributed by atoms with van der Waals surface area (Å²) in [4.78, 5) is 12.1. The number of halogens is 1. The summed E-state index contributed by atoms with van der Waals surface area (Å²) in [5, 5.41) is 10.6. The molecule has 2 nitrogen and oxygen atoms in total. The van der Waals surface area contributed by atoms with Crippen molar-refractivity contribution < 1.29 is 9.90 Å². The van der Waals surface area contributed by atoms with Crippen molar-refractivity contribution in [1.82, 2.24) is 0 Å². The molecule has 0 aliphatic rings. The van der Waals surface area contributed by atoms with Gasteiger partial charge in [0.1, 0.15) is 0 Å². The second-order valence-corrected chi connectivity index (χ2v) is 6.04. The molecule has 2 rings (SSSR count). The van der Waals surface area contributed by atoms with Crippen LogP contribution in [-0.4, -0.2) is 11.1 Å². The van der Waals surface area contributed by atoms with E-state index in [9.17, 15) is 9.90 Å². The number of aliphatic carboxylic acids is 1. The number of carbonyl (C=O) groups is 1. The smallest absolute Gasteiger partial charge is 0.314 e. The highest BCUT2D eigenvalue weighted by molar-refractivity contribution is 6.30. The number of hydrogen-bond donors (Lipinski definition) is 1. The van der Waals surface area contributed by atoms with E-state index in [1.807, 2.05) is 56.3 Å². The van der Waals surface area contributed by atoms with E-state index in [-0.39, 0.29) is 5.92 Å². The second kappa shape index (κ2) is 6.31. The van der Waals surface area contributed by atoms with Gasteiger partial charge in [0.25, 0.3) is 0 Å². The van der Waals surface area contributed by atoms with Crippen LogP contribution in [0.3, 0.4) is 0 Å². The quantitative estimate of drug-likeness (QED) is 0.879. The van der Waals surface area contributed by atoms with Gasteiger partial charge in [-0.2, -0.15) is 0 Å². The average Bonchev–Trinajstić information content (AvgIpc) is 2.46. The first-order valence-corrected chi connectivity index (χ1v) is 7.38. The van der Waals surface area contributed by atoms with Gasteiger partial charge in [-0.25, -0.2) is 0 Å². The Balaban J connectivity index is 2.53. The van der Waals surface area contributed by atoms with Gasteiger partial charge in [-0.05, 0) is 35.6 Å². The molecule has 0 aliphatic carbocycles. The molecule has 1 N–H and O–H groups in total.